The molecule has 1 aromatic heterocycles. The molecule has 1 aromatic carbocycles. The molecule has 5 rings (SSSR count). The number of aromatic nitrogens is 1. The van der Waals surface area contributed by atoms with Gasteiger partial charge in [0.25, 0.3) is 11.8 Å². The molecule has 3 aliphatic rings. The van der Waals surface area contributed by atoms with Gasteiger partial charge in [-0.25, -0.2) is 8.78 Å². The third kappa shape index (κ3) is 5.00. The first-order valence-corrected chi connectivity index (χ1v) is 12.5. The average molecular weight is 501 g/mol. The van der Waals surface area contributed by atoms with Crippen LogP contribution in [0.1, 0.15) is 64.9 Å². The summed E-state index contributed by atoms with van der Waals surface area (Å²) in [6.45, 7) is 1.55. The first-order chi connectivity index (χ1) is 17.3. The highest BCUT2D eigenvalue weighted by atomic mass is 19.1. The van der Waals surface area contributed by atoms with E-state index in [9.17, 15) is 28.3 Å². The van der Waals surface area contributed by atoms with Gasteiger partial charge in [-0.05, 0) is 37.7 Å². The second-order valence-corrected chi connectivity index (χ2v) is 10.0. The van der Waals surface area contributed by atoms with Gasteiger partial charge in [-0.1, -0.05) is 18.9 Å². The van der Waals surface area contributed by atoms with E-state index in [4.69, 9.17) is 0 Å². The zero-order valence-electron chi connectivity index (χ0n) is 19.9. The molecule has 0 bridgehead atoms. The summed E-state index contributed by atoms with van der Waals surface area (Å²) >= 11 is 0. The summed E-state index contributed by atoms with van der Waals surface area (Å²) in [5, 5.41) is 16.3. The smallest absolute Gasteiger partial charge is 0.272 e. The Hall–Kier alpha value is -3.27. The van der Waals surface area contributed by atoms with Crippen LogP contribution in [0.2, 0.25) is 0 Å². The van der Waals surface area contributed by atoms with Crippen molar-refractivity contribution >= 4 is 11.8 Å². The number of aromatic hydroxyl groups is 1. The van der Waals surface area contributed by atoms with Crippen molar-refractivity contribution in [3.63, 3.8) is 0 Å². The van der Waals surface area contributed by atoms with Gasteiger partial charge in [0.05, 0.1) is 0 Å². The van der Waals surface area contributed by atoms with E-state index >= 15 is 0 Å². The summed E-state index contributed by atoms with van der Waals surface area (Å²) in [5.74, 6) is -3.37. The molecule has 0 saturated heterocycles. The van der Waals surface area contributed by atoms with Crippen molar-refractivity contribution in [2.75, 3.05) is 13.1 Å². The minimum atomic E-state index is -0.968. The van der Waals surface area contributed by atoms with E-state index in [0.29, 0.717) is 31.1 Å². The van der Waals surface area contributed by atoms with Crippen LogP contribution in [0.5, 0.6) is 5.75 Å². The van der Waals surface area contributed by atoms with Crippen molar-refractivity contribution in [2.45, 2.75) is 63.7 Å². The highest BCUT2D eigenvalue weighted by Gasteiger charge is 2.36. The summed E-state index contributed by atoms with van der Waals surface area (Å²) in [5.41, 5.74) is -1.42. The zero-order valence-corrected chi connectivity index (χ0v) is 19.9. The van der Waals surface area contributed by atoms with E-state index in [1.807, 2.05) is 0 Å². The molecule has 2 heterocycles. The number of pyridine rings is 1. The molecule has 2 saturated carbocycles. The fourth-order valence-corrected chi connectivity index (χ4v) is 5.41. The molecule has 8 nitrogen and oxygen atoms in total. The van der Waals surface area contributed by atoms with Gasteiger partial charge in [-0.3, -0.25) is 19.3 Å². The number of carbonyl (C=O) groups is 2. The van der Waals surface area contributed by atoms with Crippen molar-refractivity contribution in [1.29, 1.82) is 0 Å². The maximum absolute atomic E-state index is 13.9. The van der Waals surface area contributed by atoms with Crippen LogP contribution in [-0.4, -0.2) is 51.6 Å². The number of hydrogen-bond acceptors (Lipinski definition) is 5. The van der Waals surface area contributed by atoms with Gasteiger partial charge >= 0.3 is 0 Å². The zero-order chi connectivity index (χ0) is 25.4. The first-order valence-electron chi connectivity index (χ1n) is 12.5. The number of benzene rings is 1. The number of fused-ring (bicyclic) bond motifs is 2. The number of nitrogens with zero attached hydrogens (tertiary/aromatic N) is 2. The van der Waals surface area contributed by atoms with Gasteiger partial charge in [0, 0.05) is 56.1 Å². The third-order valence-electron chi connectivity index (χ3n) is 7.56. The Bertz CT molecular complexity index is 1240. The molecule has 0 radical (unpaired) electrons. The fraction of sp³-hybridized carbons (Fsp3) is 0.500. The van der Waals surface area contributed by atoms with E-state index in [0.717, 1.165) is 51.1 Å². The fourth-order valence-electron chi connectivity index (χ4n) is 5.41. The van der Waals surface area contributed by atoms with Crippen molar-refractivity contribution < 1.29 is 23.5 Å². The molecule has 0 spiro atoms. The molecule has 2 amide bonds. The van der Waals surface area contributed by atoms with Crippen LogP contribution >= 0.6 is 0 Å². The Morgan fingerprint density at radius 1 is 1.11 bits per heavy atom. The van der Waals surface area contributed by atoms with Crippen LogP contribution in [-0.2, 0) is 13.1 Å². The lowest BCUT2D eigenvalue weighted by Gasteiger charge is -2.37. The summed E-state index contributed by atoms with van der Waals surface area (Å²) in [4.78, 5) is 41.4. The van der Waals surface area contributed by atoms with E-state index in [1.165, 1.54) is 16.8 Å². The predicted octanol–water partition coefficient (Wildman–Crippen LogP) is 2.53. The Kier molecular flexibility index (Phi) is 6.79. The lowest BCUT2D eigenvalue weighted by Crippen LogP contribution is -2.49. The van der Waals surface area contributed by atoms with Crippen LogP contribution in [0.3, 0.4) is 0 Å². The third-order valence-corrected chi connectivity index (χ3v) is 7.56. The van der Waals surface area contributed by atoms with Gasteiger partial charge < -0.3 is 20.3 Å². The number of amides is 2. The molecule has 0 unspecified atom stereocenters. The van der Waals surface area contributed by atoms with Crippen molar-refractivity contribution in [2.24, 2.45) is 5.92 Å². The van der Waals surface area contributed by atoms with E-state index in [-0.39, 0.29) is 29.4 Å². The van der Waals surface area contributed by atoms with Gasteiger partial charge in [0.1, 0.15) is 17.2 Å². The van der Waals surface area contributed by atoms with Crippen LogP contribution in [0.25, 0.3) is 0 Å². The van der Waals surface area contributed by atoms with Crippen molar-refractivity contribution in [1.82, 2.24) is 20.1 Å². The monoisotopic (exact) mass is 500 g/mol. The molecule has 10 heteroatoms. The normalized spacial score (nSPS) is 22.8. The Morgan fingerprint density at radius 2 is 1.89 bits per heavy atom. The largest absolute Gasteiger partial charge is 0.503 e. The minimum absolute atomic E-state index is 0.0397. The lowest BCUT2D eigenvalue weighted by atomic mass is 9.83. The Morgan fingerprint density at radius 3 is 2.64 bits per heavy atom. The molecule has 2 atom stereocenters. The van der Waals surface area contributed by atoms with E-state index < -0.39 is 34.6 Å². The van der Waals surface area contributed by atoms with Gasteiger partial charge in [-0.2, -0.15) is 0 Å². The predicted molar refractivity (Wildman–Crippen MR) is 128 cm³/mol. The van der Waals surface area contributed by atoms with Crippen LogP contribution in [0.4, 0.5) is 8.78 Å². The summed E-state index contributed by atoms with van der Waals surface area (Å²) in [6, 6.07) is 3.44. The SMILES string of the molecule is O=C(NCc1ccc(F)cc1F)c1cn2c(c(O)c1=O)C(=O)N[C@H]1CCCC[C@H]1CN(C1CC1)CC2. The summed E-state index contributed by atoms with van der Waals surface area (Å²) in [7, 11) is 0. The van der Waals surface area contributed by atoms with E-state index in [2.05, 4.69) is 15.5 Å². The Balaban J connectivity index is 1.44. The average Bonchev–Trinajstić information content (AvgIpc) is 3.69. The molecule has 2 aromatic rings. The lowest BCUT2D eigenvalue weighted by molar-refractivity contribution is 0.0846. The molecule has 36 heavy (non-hydrogen) atoms. The van der Waals surface area contributed by atoms with Gasteiger partial charge in [0.15, 0.2) is 11.4 Å². The van der Waals surface area contributed by atoms with Gasteiger partial charge in [0.2, 0.25) is 5.43 Å². The molecule has 2 aliphatic carbocycles. The molecule has 192 valence electrons. The van der Waals surface area contributed by atoms with Crippen molar-refractivity contribution in [3.8, 4) is 5.75 Å². The van der Waals surface area contributed by atoms with Gasteiger partial charge in [-0.15, -0.1) is 0 Å². The molecule has 3 N–H and O–H groups in total. The number of rotatable bonds is 4. The number of nitrogens with one attached hydrogen (secondary N) is 2. The molecule has 2 fully saturated rings. The maximum Gasteiger partial charge on any atom is 0.272 e. The second-order valence-electron chi connectivity index (χ2n) is 10.0. The highest BCUT2D eigenvalue weighted by Crippen LogP contribution is 2.32. The molecular weight excluding hydrogens is 470 g/mol. The number of hydrogen-bond donors (Lipinski definition) is 3. The standard InChI is InChI=1S/C26H30F2N4O4/c27-17-6-5-15(20(28)11-17)12-29-25(35)19-14-32-10-9-31(18-7-8-18)13-16-3-1-2-4-21(16)30-26(36)22(32)24(34)23(19)33/h5-6,11,14,16,18,21,34H,1-4,7-10,12-13H2,(H,29,35)(H,30,36)/t16-,21-/m0/s1. The van der Waals surface area contributed by atoms with Crippen LogP contribution < -0.4 is 16.1 Å². The highest BCUT2D eigenvalue weighted by molar-refractivity contribution is 5.98. The molecular formula is C26H30F2N4O4. The second kappa shape index (κ2) is 10.0. The van der Waals surface area contributed by atoms with E-state index in [1.54, 1.807) is 0 Å². The first kappa shape index (κ1) is 24.4. The quantitative estimate of drug-likeness (QED) is 0.599. The minimum Gasteiger partial charge on any atom is -0.503 e. The maximum atomic E-state index is 13.9. The number of carbonyl (C=O) groups excluding carboxylic acids is 2. The van der Waals surface area contributed by atoms with Crippen LogP contribution in [0, 0.1) is 17.6 Å². The Labute approximate surface area is 207 Å². The topological polar surface area (TPSA) is 104 Å². The van der Waals surface area contributed by atoms with Crippen molar-refractivity contribution in [3.05, 3.63) is 63.1 Å². The number of halogens is 2. The van der Waals surface area contributed by atoms with Crippen LogP contribution in [0.15, 0.2) is 29.2 Å². The summed E-state index contributed by atoms with van der Waals surface area (Å²) in [6.07, 6.45) is 7.55. The molecule has 1 aliphatic heterocycles. The summed E-state index contributed by atoms with van der Waals surface area (Å²) < 4.78 is 28.6.